The van der Waals surface area contributed by atoms with E-state index in [2.05, 4.69) is 34.6 Å². The molecule has 2 aromatic rings. The Morgan fingerprint density at radius 2 is 2.00 bits per heavy atom. The number of H-pyrrole nitrogens is 1. The Morgan fingerprint density at radius 3 is 2.72 bits per heavy atom. The van der Waals surface area contributed by atoms with Crippen LogP contribution in [0.3, 0.4) is 0 Å². The van der Waals surface area contributed by atoms with E-state index in [1.807, 2.05) is 6.20 Å². The molecule has 4 nitrogen and oxygen atoms in total. The molecule has 0 aliphatic heterocycles. The molecule has 100 valence electrons. The predicted octanol–water partition coefficient (Wildman–Crippen LogP) is 2.30. The molecule has 0 atom stereocenters. The molecule has 0 bridgehead atoms. The van der Waals surface area contributed by atoms with Gasteiger partial charge in [0.15, 0.2) is 6.29 Å². The minimum atomic E-state index is -0.189. The fourth-order valence-electron chi connectivity index (χ4n) is 1.81. The minimum absolute atomic E-state index is 0. The second kappa shape index (κ2) is 7.38. The third kappa shape index (κ3) is 3.71. The molecule has 2 N–H and O–H groups in total. The summed E-state index contributed by atoms with van der Waals surface area (Å²) >= 11 is 0. The molecular formula is C13H19ClN2O2. The zero-order valence-electron chi connectivity index (χ0n) is 10.6. The van der Waals surface area contributed by atoms with Crippen LogP contribution >= 0.6 is 12.4 Å². The van der Waals surface area contributed by atoms with E-state index in [4.69, 9.17) is 9.47 Å². The van der Waals surface area contributed by atoms with Crippen LogP contribution in [0.5, 0.6) is 0 Å². The van der Waals surface area contributed by atoms with Crippen LogP contribution in [0.1, 0.15) is 5.56 Å². The first kappa shape index (κ1) is 15.0. The number of methoxy groups -OCH3 is 2. The fourth-order valence-corrected chi connectivity index (χ4v) is 1.81. The van der Waals surface area contributed by atoms with Crippen molar-refractivity contribution in [1.29, 1.82) is 0 Å². The van der Waals surface area contributed by atoms with Crippen molar-refractivity contribution >= 4 is 23.3 Å². The number of hydrogen-bond acceptors (Lipinski definition) is 3. The van der Waals surface area contributed by atoms with Crippen LogP contribution in [0, 0.1) is 0 Å². The van der Waals surface area contributed by atoms with Gasteiger partial charge in [-0.25, -0.2) is 0 Å². The summed E-state index contributed by atoms with van der Waals surface area (Å²) in [6.07, 6.45) is 1.76. The van der Waals surface area contributed by atoms with Gasteiger partial charge in [-0.2, -0.15) is 0 Å². The maximum Gasteiger partial charge on any atom is 0.169 e. The molecule has 0 aliphatic carbocycles. The van der Waals surface area contributed by atoms with Gasteiger partial charge in [-0.3, -0.25) is 0 Å². The van der Waals surface area contributed by atoms with Crippen molar-refractivity contribution in [3.8, 4) is 0 Å². The van der Waals surface area contributed by atoms with Crippen LogP contribution in [0.2, 0.25) is 0 Å². The standard InChI is InChI=1S/C13H18N2O2.ClH/c1-16-13(17-2)9-14-8-10-3-4-12-11(7-10)5-6-15-12;/h3-7,13-15H,8-9H2,1-2H3;1H. The Labute approximate surface area is 113 Å². The van der Waals surface area contributed by atoms with Gasteiger partial charge in [0.2, 0.25) is 0 Å². The number of aromatic nitrogens is 1. The van der Waals surface area contributed by atoms with Crippen LogP contribution in [0.15, 0.2) is 30.5 Å². The second-order valence-electron chi connectivity index (χ2n) is 3.93. The molecule has 18 heavy (non-hydrogen) atoms. The van der Waals surface area contributed by atoms with Gasteiger partial charge < -0.3 is 19.8 Å². The van der Waals surface area contributed by atoms with E-state index in [1.54, 1.807) is 14.2 Å². The zero-order valence-corrected chi connectivity index (χ0v) is 11.4. The predicted molar refractivity (Wildman–Crippen MR) is 75.1 cm³/mol. The molecule has 0 amide bonds. The van der Waals surface area contributed by atoms with Gasteiger partial charge in [0.25, 0.3) is 0 Å². The van der Waals surface area contributed by atoms with Gasteiger partial charge in [0.1, 0.15) is 0 Å². The van der Waals surface area contributed by atoms with Crippen molar-refractivity contribution < 1.29 is 9.47 Å². The number of fused-ring (bicyclic) bond motifs is 1. The lowest BCUT2D eigenvalue weighted by Gasteiger charge is -2.14. The summed E-state index contributed by atoms with van der Waals surface area (Å²) in [6.45, 7) is 1.49. The lowest BCUT2D eigenvalue weighted by atomic mass is 10.1. The van der Waals surface area contributed by atoms with E-state index >= 15 is 0 Å². The maximum atomic E-state index is 5.11. The summed E-state index contributed by atoms with van der Waals surface area (Å²) < 4.78 is 10.2. The zero-order chi connectivity index (χ0) is 12.1. The van der Waals surface area contributed by atoms with E-state index in [1.165, 1.54) is 16.5 Å². The number of nitrogens with one attached hydrogen (secondary N) is 2. The Kier molecular flexibility index (Phi) is 6.15. The van der Waals surface area contributed by atoms with Crippen molar-refractivity contribution in [1.82, 2.24) is 10.3 Å². The van der Waals surface area contributed by atoms with Crippen molar-refractivity contribution in [2.24, 2.45) is 0 Å². The number of rotatable bonds is 6. The molecule has 0 aliphatic rings. The van der Waals surface area contributed by atoms with Gasteiger partial charge in [-0.15, -0.1) is 12.4 Å². The first-order chi connectivity index (χ1) is 8.33. The van der Waals surface area contributed by atoms with E-state index < -0.39 is 0 Å². The van der Waals surface area contributed by atoms with E-state index in [-0.39, 0.29) is 18.7 Å². The third-order valence-electron chi connectivity index (χ3n) is 2.78. The average molecular weight is 271 g/mol. The van der Waals surface area contributed by atoms with Crippen LogP contribution in [0.4, 0.5) is 0 Å². The lowest BCUT2D eigenvalue weighted by molar-refractivity contribution is -0.0989. The quantitative estimate of drug-likeness (QED) is 0.792. The second-order valence-corrected chi connectivity index (χ2v) is 3.93. The summed E-state index contributed by atoms with van der Waals surface area (Å²) in [7, 11) is 3.28. The Bertz CT molecular complexity index is 469. The van der Waals surface area contributed by atoms with Gasteiger partial charge in [-0.05, 0) is 29.1 Å². The van der Waals surface area contributed by atoms with Crippen LogP contribution in [-0.2, 0) is 16.0 Å². The molecule has 0 spiro atoms. The van der Waals surface area contributed by atoms with Crippen LogP contribution in [-0.4, -0.2) is 32.0 Å². The molecule has 0 unspecified atom stereocenters. The Hall–Kier alpha value is -1.07. The van der Waals surface area contributed by atoms with Gasteiger partial charge >= 0.3 is 0 Å². The summed E-state index contributed by atoms with van der Waals surface area (Å²) in [5.74, 6) is 0. The van der Waals surface area contributed by atoms with Gasteiger partial charge in [0.05, 0.1) is 0 Å². The van der Waals surface area contributed by atoms with E-state index in [0.717, 1.165) is 6.54 Å². The Balaban J connectivity index is 0.00000162. The minimum Gasteiger partial charge on any atom is -0.361 e. The van der Waals surface area contributed by atoms with Crippen molar-refractivity contribution in [3.05, 3.63) is 36.0 Å². The molecule has 2 rings (SSSR count). The number of halogens is 1. The molecule has 0 saturated heterocycles. The first-order valence-corrected chi connectivity index (χ1v) is 5.66. The highest BCUT2D eigenvalue weighted by Crippen LogP contribution is 2.13. The van der Waals surface area contributed by atoms with Crippen LogP contribution < -0.4 is 5.32 Å². The molecule has 1 aromatic heterocycles. The van der Waals surface area contributed by atoms with Crippen molar-refractivity contribution in [2.45, 2.75) is 12.8 Å². The van der Waals surface area contributed by atoms with Gasteiger partial charge in [0, 0.05) is 39.0 Å². The molecular weight excluding hydrogens is 252 g/mol. The van der Waals surface area contributed by atoms with Crippen LogP contribution in [0.25, 0.3) is 10.9 Å². The van der Waals surface area contributed by atoms with Crippen molar-refractivity contribution in [2.75, 3.05) is 20.8 Å². The maximum absolute atomic E-state index is 5.11. The molecule has 0 radical (unpaired) electrons. The summed E-state index contributed by atoms with van der Waals surface area (Å²) in [6, 6.07) is 8.45. The first-order valence-electron chi connectivity index (χ1n) is 5.66. The van der Waals surface area contributed by atoms with Crippen molar-refractivity contribution in [3.63, 3.8) is 0 Å². The number of ether oxygens (including phenoxy) is 2. The van der Waals surface area contributed by atoms with E-state index in [9.17, 15) is 0 Å². The monoisotopic (exact) mass is 270 g/mol. The lowest BCUT2D eigenvalue weighted by Crippen LogP contribution is -2.29. The highest BCUT2D eigenvalue weighted by molar-refractivity contribution is 5.85. The summed E-state index contributed by atoms with van der Waals surface area (Å²) in [5.41, 5.74) is 2.42. The summed E-state index contributed by atoms with van der Waals surface area (Å²) in [4.78, 5) is 3.18. The molecule has 1 heterocycles. The molecule has 1 aromatic carbocycles. The number of benzene rings is 1. The number of aromatic amines is 1. The normalized spacial score (nSPS) is 10.8. The highest BCUT2D eigenvalue weighted by Gasteiger charge is 2.03. The molecule has 0 saturated carbocycles. The fraction of sp³-hybridized carbons (Fsp3) is 0.385. The smallest absolute Gasteiger partial charge is 0.169 e. The summed E-state index contributed by atoms with van der Waals surface area (Å²) in [5, 5.41) is 4.54. The third-order valence-corrected chi connectivity index (χ3v) is 2.78. The van der Waals surface area contributed by atoms with Gasteiger partial charge in [-0.1, -0.05) is 6.07 Å². The largest absolute Gasteiger partial charge is 0.361 e. The SMILES string of the molecule is COC(CNCc1ccc2[nH]ccc2c1)OC.Cl. The molecule has 5 heteroatoms. The average Bonchev–Trinajstić information content (AvgIpc) is 2.82. The Morgan fingerprint density at radius 1 is 1.22 bits per heavy atom. The van der Waals surface area contributed by atoms with E-state index in [0.29, 0.717) is 6.54 Å². The highest BCUT2D eigenvalue weighted by atomic mass is 35.5. The topological polar surface area (TPSA) is 46.3 Å². The molecule has 0 fully saturated rings. The number of hydrogen-bond donors (Lipinski definition) is 2.